The highest BCUT2D eigenvalue weighted by Crippen LogP contribution is 2.37. The maximum Gasteiger partial charge on any atom is 0.0608 e. The highest BCUT2D eigenvalue weighted by atomic mass is 32.2. The zero-order valence-electron chi connectivity index (χ0n) is 7.53. The highest BCUT2D eigenvalue weighted by Gasteiger charge is 2.34. The molecule has 0 aromatic rings. The van der Waals surface area contributed by atoms with E-state index in [1.807, 2.05) is 0 Å². The van der Waals surface area contributed by atoms with Gasteiger partial charge in [0.15, 0.2) is 0 Å². The Balaban J connectivity index is 1.79. The number of ether oxygens (including phenoxy) is 1. The van der Waals surface area contributed by atoms with Crippen LogP contribution in [-0.4, -0.2) is 29.8 Å². The van der Waals surface area contributed by atoms with Gasteiger partial charge < -0.3 is 10.5 Å². The first-order chi connectivity index (χ1) is 5.77. The SMILES string of the molecule is CC1C(N)CCC1SC1COC1. The van der Waals surface area contributed by atoms with Gasteiger partial charge in [0.05, 0.1) is 18.5 Å². The minimum Gasteiger partial charge on any atom is -0.379 e. The van der Waals surface area contributed by atoms with Gasteiger partial charge in [0.1, 0.15) is 0 Å². The number of hydrogen-bond donors (Lipinski definition) is 1. The molecule has 2 nitrogen and oxygen atoms in total. The molecule has 1 saturated carbocycles. The Morgan fingerprint density at radius 3 is 2.50 bits per heavy atom. The molecular weight excluding hydrogens is 170 g/mol. The number of hydrogen-bond acceptors (Lipinski definition) is 3. The van der Waals surface area contributed by atoms with Crippen molar-refractivity contribution in [2.75, 3.05) is 13.2 Å². The lowest BCUT2D eigenvalue weighted by Crippen LogP contribution is -2.34. The van der Waals surface area contributed by atoms with Gasteiger partial charge in [0.2, 0.25) is 0 Å². The molecule has 2 aliphatic rings. The van der Waals surface area contributed by atoms with Crippen LogP contribution >= 0.6 is 11.8 Å². The molecule has 0 aromatic carbocycles. The zero-order valence-corrected chi connectivity index (χ0v) is 8.35. The summed E-state index contributed by atoms with van der Waals surface area (Å²) in [5, 5.41) is 1.57. The van der Waals surface area contributed by atoms with Gasteiger partial charge in [-0.15, -0.1) is 11.8 Å². The lowest BCUT2D eigenvalue weighted by atomic mass is 10.1. The van der Waals surface area contributed by atoms with E-state index in [1.165, 1.54) is 12.8 Å². The molecule has 2 rings (SSSR count). The van der Waals surface area contributed by atoms with E-state index in [0.717, 1.165) is 23.7 Å². The minimum absolute atomic E-state index is 0.448. The van der Waals surface area contributed by atoms with Gasteiger partial charge in [-0.3, -0.25) is 0 Å². The summed E-state index contributed by atoms with van der Waals surface area (Å²) in [4.78, 5) is 0. The van der Waals surface area contributed by atoms with Gasteiger partial charge >= 0.3 is 0 Å². The predicted molar refractivity (Wildman–Crippen MR) is 52.4 cm³/mol. The Morgan fingerprint density at radius 2 is 2.08 bits per heavy atom. The van der Waals surface area contributed by atoms with E-state index in [1.54, 1.807) is 0 Å². The van der Waals surface area contributed by atoms with Crippen molar-refractivity contribution in [3.05, 3.63) is 0 Å². The molecule has 0 amide bonds. The van der Waals surface area contributed by atoms with Crippen molar-refractivity contribution in [3.63, 3.8) is 0 Å². The van der Waals surface area contributed by atoms with E-state index in [0.29, 0.717) is 12.0 Å². The quantitative estimate of drug-likeness (QED) is 0.706. The Kier molecular flexibility index (Phi) is 2.63. The van der Waals surface area contributed by atoms with Crippen molar-refractivity contribution in [3.8, 4) is 0 Å². The average Bonchev–Trinajstić information content (AvgIpc) is 2.27. The van der Waals surface area contributed by atoms with Crippen LogP contribution in [0.5, 0.6) is 0 Å². The van der Waals surface area contributed by atoms with Crippen LogP contribution in [0.4, 0.5) is 0 Å². The molecule has 3 heteroatoms. The molecule has 12 heavy (non-hydrogen) atoms. The van der Waals surface area contributed by atoms with Crippen molar-refractivity contribution in [1.29, 1.82) is 0 Å². The standard InChI is InChI=1S/C9H17NOS/c1-6-8(10)2-3-9(6)12-7-4-11-5-7/h6-9H,2-5,10H2,1H3. The molecule has 0 bridgehead atoms. The molecular formula is C9H17NOS. The van der Waals surface area contributed by atoms with Crippen LogP contribution in [0.15, 0.2) is 0 Å². The molecule has 1 aliphatic heterocycles. The van der Waals surface area contributed by atoms with E-state index in [4.69, 9.17) is 10.5 Å². The van der Waals surface area contributed by atoms with Gasteiger partial charge in [-0.2, -0.15) is 0 Å². The van der Waals surface area contributed by atoms with E-state index in [9.17, 15) is 0 Å². The number of nitrogens with two attached hydrogens (primary N) is 1. The number of rotatable bonds is 2. The lowest BCUT2D eigenvalue weighted by Gasteiger charge is -2.29. The van der Waals surface area contributed by atoms with E-state index in [2.05, 4.69) is 18.7 Å². The molecule has 70 valence electrons. The first-order valence-corrected chi connectivity index (χ1v) is 5.70. The topological polar surface area (TPSA) is 35.2 Å². The third-order valence-electron chi connectivity index (χ3n) is 3.02. The fourth-order valence-corrected chi connectivity index (χ4v) is 3.46. The summed E-state index contributed by atoms with van der Waals surface area (Å²) in [6.07, 6.45) is 2.52. The summed E-state index contributed by atoms with van der Waals surface area (Å²) in [6.45, 7) is 4.21. The third-order valence-corrected chi connectivity index (χ3v) is 4.69. The van der Waals surface area contributed by atoms with Crippen molar-refractivity contribution < 1.29 is 4.74 Å². The molecule has 2 fully saturated rings. The van der Waals surface area contributed by atoms with Crippen molar-refractivity contribution >= 4 is 11.8 Å². The molecule has 3 unspecified atom stereocenters. The van der Waals surface area contributed by atoms with E-state index in [-0.39, 0.29) is 0 Å². The molecule has 0 aromatic heterocycles. The second kappa shape index (κ2) is 3.56. The first-order valence-electron chi connectivity index (χ1n) is 4.76. The van der Waals surface area contributed by atoms with Gasteiger partial charge in [-0.05, 0) is 18.8 Å². The summed E-state index contributed by atoms with van der Waals surface area (Å²) >= 11 is 2.10. The molecule has 1 heterocycles. The van der Waals surface area contributed by atoms with E-state index < -0.39 is 0 Å². The normalized spacial score (nSPS) is 43.0. The molecule has 0 spiro atoms. The highest BCUT2D eigenvalue weighted by molar-refractivity contribution is 8.00. The Bertz CT molecular complexity index is 161. The van der Waals surface area contributed by atoms with Crippen molar-refractivity contribution in [2.24, 2.45) is 11.7 Å². The Morgan fingerprint density at radius 1 is 1.33 bits per heavy atom. The smallest absolute Gasteiger partial charge is 0.0608 e. The largest absolute Gasteiger partial charge is 0.379 e. The van der Waals surface area contributed by atoms with Gasteiger partial charge in [0, 0.05) is 11.3 Å². The fourth-order valence-electron chi connectivity index (χ4n) is 1.89. The monoisotopic (exact) mass is 187 g/mol. The maximum absolute atomic E-state index is 5.96. The summed E-state index contributed by atoms with van der Waals surface area (Å²) < 4.78 is 5.16. The summed E-state index contributed by atoms with van der Waals surface area (Å²) in [5.41, 5.74) is 5.96. The number of thioether (sulfide) groups is 1. The molecule has 1 aliphatic carbocycles. The Hall–Kier alpha value is 0.270. The van der Waals surface area contributed by atoms with Crippen LogP contribution in [0.2, 0.25) is 0 Å². The second-order valence-electron chi connectivity index (χ2n) is 3.93. The summed E-state index contributed by atoms with van der Waals surface area (Å²) in [7, 11) is 0. The summed E-state index contributed by atoms with van der Waals surface area (Å²) in [6, 6.07) is 0.448. The van der Waals surface area contributed by atoms with Crippen molar-refractivity contribution in [1.82, 2.24) is 0 Å². The lowest BCUT2D eigenvalue weighted by molar-refractivity contribution is 0.0452. The van der Waals surface area contributed by atoms with Crippen LogP contribution in [0, 0.1) is 5.92 Å². The van der Waals surface area contributed by atoms with Crippen LogP contribution in [-0.2, 0) is 4.74 Å². The van der Waals surface area contributed by atoms with Crippen LogP contribution in [0.25, 0.3) is 0 Å². The van der Waals surface area contributed by atoms with E-state index >= 15 is 0 Å². The van der Waals surface area contributed by atoms with Crippen LogP contribution in [0.3, 0.4) is 0 Å². The molecule has 1 saturated heterocycles. The van der Waals surface area contributed by atoms with Gasteiger partial charge in [-0.25, -0.2) is 0 Å². The molecule has 0 radical (unpaired) electrons. The zero-order chi connectivity index (χ0) is 8.55. The van der Waals surface area contributed by atoms with Crippen LogP contribution < -0.4 is 5.73 Å². The van der Waals surface area contributed by atoms with Gasteiger partial charge in [0.25, 0.3) is 0 Å². The van der Waals surface area contributed by atoms with Crippen LogP contribution in [0.1, 0.15) is 19.8 Å². The third kappa shape index (κ3) is 1.63. The predicted octanol–water partition coefficient (Wildman–Crippen LogP) is 1.24. The fraction of sp³-hybridized carbons (Fsp3) is 1.00. The molecule has 3 atom stereocenters. The second-order valence-corrected chi connectivity index (χ2v) is 5.48. The average molecular weight is 187 g/mol. The Labute approximate surface area is 78.2 Å². The van der Waals surface area contributed by atoms with Crippen molar-refractivity contribution in [2.45, 2.75) is 36.3 Å². The summed E-state index contributed by atoms with van der Waals surface area (Å²) in [5.74, 6) is 0.704. The van der Waals surface area contributed by atoms with Gasteiger partial charge in [-0.1, -0.05) is 6.92 Å². The molecule has 2 N–H and O–H groups in total. The minimum atomic E-state index is 0.448. The maximum atomic E-state index is 5.96. The first kappa shape index (κ1) is 8.85.